The third kappa shape index (κ3) is 6.70. The van der Waals surface area contributed by atoms with Crippen molar-refractivity contribution in [3.8, 4) is 0 Å². The molecule has 82 valence electrons. The van der Waals surface area contributed by atoms with E-state index in [4.69, 9.17) is 4.74 Å². The standard InChI is InChI=1S/C12H22O2/c1-4-7-8-10-11(6-3)14-12(13)9-5-2/h6,11H,3-5,7-10H2,1-2H3. The SMILES string of the molecule is C=CC(CCCCC)OC(=O)CCC. The van der Waals surface area contributed by atoms with Gasteiger partial charge in [0.1, 0.15) is 6.10 Å². The normalized spacial score (nSPS) is 12.1. The lowest BCUT2D eigenvalue weighted by atomic mass is 10.1. The van der Waals surface area contributed by atoms with Crippen LogP contribution in [0.25, 0.3) is 0 Å². The van der Waals surface area contributed by atoms with Gasteiger partial charge in [0.2, 0.25) is 0 Å². The monoisotopic (exact) mass is 198 g/mol. The highest BCUT2D eigenvalue weighted by atomic mass is 16.5. The van der Waals surface area contributed by atoms with Crippen LogP contribution < -0.4 is 0 Å². The third-order valence-corrected chi connectivity index (χ3v) is 2.09. The van der Waals surface area contributed by atoms with E-state index in [0.717, 1.165) is 19.3 Å². The van der Waals surface area contributed by atoms with Gasteiger partial charge in [-0.25, -0.2) is 0 Å². The van der Waals surface area contributed by atoms with Crippen LogP contribution in [-0.4, -0.2) is 12.1 Å². The summed E-state index contributed by atoms with van der Waals surface area (Å²) >= 11 is 0. The lowest BCUT2D eigenvalue weighted by molar-refractivity contribution is -0.147. The minimum Gasteiger partial charge on any atom is -0.458 e. The molecule has 1 atom stereocenters. The van der Waals surface area contributed by atoms with Gasteiger partial charge >= 0.3 is 5.97 Å². The molecule has 0 amide bonds. The van der Waals surface area contributed by atoms with Crippen LogP contribution in [0.1, 0.15) is 52.4 Å². The molecule has 0 aliphatic carbocycles. The predicted octanol–water partition coefficient (Wildman–Crippen LogP) is 3.46. The fourth-order valence-electron chi connectivity index (χ4n) is 1.25. The molecule has 0 fully saturated rings. The number of rotatable bonds is 8. The molecule has 0 saturated heterocycles. The quantitative estimate of drug-likeness (QED) is 0.339. The summed E-state index contributed by atoms with van der Waals surface area (Å²) in [6.45, 7) is 7.81. The molecule has 2 heteroatoms. The average molecular weight is 198 g/mol. The molecule has 0 aromatic heterocycles. The van der Waals surface area contributed by atoms with Crippen molar-refractivity contribution in [3.05, 3.63) is 12.7 Å². The number of ether oxygens (including phenoxy) is 1. The summed E-state index contributed by atoms with van der Waals surface area (Å²) in [6, 6.07) is 0. The van der Waals surface area contributed by atoms with Gasteiger partial charge in [0.15, 0.2) is 0 Å². The Morgan fingerprint density at radius 1 is 1.36 bits per heavy atom. The van der Waals surface area contributed by atoms with Crippen LogP contribution in [0.5, 0.6) is 0 Å². The summed E-state index contributed by atoms with van der Waals surface area (Å²) in [5, 5.41) is 0. The van der Waals surface area contributed by atoms with Gasteiger partial charge in [-0.1, -0.05) is 39.3 Å². The summed E-state index contributed by atoms with van der Waals surface area (Å²) in [6.07, 6.45) is 7.39. The predicted molar refractivity (Wildman–Crippen MR) is 59.1 cm³/mol. The molecule has 0 aromatic carbocycles. The Hall–Kier alpha value is -0.790. The molecule has 0 heterocycles. The summed E-state index contributed by atoms with van der Waals surface area (Å²) in [5.41, 5.74) is 0. The van der Waals surface area contributed by atoms with Gasteiger partial charge in [0.05, 0.1) is 0 Å². The lowest BCUT2D eigenvalue weighted by Crippen LogP contribution is -2.15. The van der Waals surface area contributed by atoms with Crippen molar-refractivity contribution in [2.24, 2.45) is 0 Å². The topological polar surface area (TPSA) is 26.3 Å². The number of unbranched alkanes of at least 4 members (excludes halogenated alkanes) is 2. The summed E-state index contributed by atoms with van der Waals surface area (Å²) in [7, 11) is 0. The van der Waals surface area contributed by atoms with Crippen molar-refractivity contribution in [1.29, 1.82) is 0 Å². The van der Waals surface area contributed by atoms with E-state index < -0.39 is 0 Å². The fourth-order valence-corrected chi connectivity index (χ4v) is 1.25. The van der Waals surface area contributed by atoms with Gasteiger partial charge in [0, 0.05) is 6.42 Å². The van der Waals surface area contributed by atoms with E-state index in [1.807, 2.05) is 6.92 Å². The number of hydrogen-bond acceptors (Lipinski definition) is 2. The van der Waals surface area contributed by atoms with Gasteiger partial charge in [0.25, 0.3) is 0 Å². The van der Waals surface area contributed by atoms with E-state index in [9.17, 15) is 4.79 Å². The molecule has 0 rings (SSSR count). The second-order valence-electron chi connectivity index (χ2n) is 3.51. The minimum atomic E-state index is -0.103. The molecule has 0 N–H and O–H groups in total. The minimum absolute atomic E-state index is 0.0828. The van der Waals surface area contributed by atoms with Crippen LogP contribution in [0, 0.1) is 0 Å². The number of esters is 1. The molecule has 0 aliphatic heterocycles. The molecular weight excluding hydrogens is 176 g/mol. The van der Waals surface area contributed by atoms with Crippen LogP contribution in [0.4, 0.5) is 0 Å². The van der Waals surface area contributed by atoms with Gasteiger partial charge in [-0.2, -0.15) is 0 Å². The maximum absolute atomic E-state index is 11.2. The van der Waals surface area contributed by atoms with Crippen molar-refractivity contribution in [3.63, 3.8) is 0 Å². The molecule has 0 aromatic rings. The van der Waals surface area contributed by atoms with Crippen molar-refractivity contribution in [2.75, 3.05) is 0 Å². The average Bonchev–Trinajstić information content (AvgIpc) is 2.17. The third-order valence-electron chi connectivity index (χ3n) is 2.09. The van der Waals surface area contributed by atoms with Crippen LogP contribution in [-0.2, 0) is 9.53 Å². The van der Waals surface area contributed by atoms with E-state index in [0.29, 0.717) is 6.42 Å². The summed E-state index contributed by atoms with van der Waals surface area (Å²) < 4.78 is 5.23. The van der Waals surface area contributed by atoms with Gasteiger partial charge in [-0.3, -0.25) is 4.79 Å². The first-order chi connectivity index (χ1) is 6.74. The Bertz CT molecular complexity index is 164. The van der Waals surface area contributed by atoms with Crippen molar-refractivity contribution in [2.45, 2.75) is 58.5 Å². The smallest absolute Gasteiger partial charge is 0.306 e. The first-order valence-corrected chi connectivity index (χ1v) is 5.56. The maximum atomic E-state index is 11.2. The number of carbonyl (C=O) groups is 1. The fraction of sp³-hybridized carbons (Fsp3) is 0.750. The summed E-state index contributed by atoms with van der Waals surface area (Å²) in [4.78, 5) is 11.2. The second-order valence-corrected chi connectivity index (χ2v) is 3.51. The first-order valence-electron chi connectivity index (χ1n) is 5.56. The molecule has 0 radical (unpaired) electrons. The Balaban J connectivity index is 3.67. The van der Waals surface area contributed by atoms with E-state index >= 15 is 0 Å². The van der Waals surface area contributed by atoms with Crippen LogP contribution in [0.2, 0.25) is 0 Å². The molecule has 0 saturated carbocycles. The maximum Gasteiger partial charge on any atom is 0.306 e. The van der Waals surface area contributed by atoms with E-state index in [2.05, 4.69) is 13.5 Å². The van der Waals surface area contributed by atoms with Crippen molar-refractivity contribution >= 4 is 5.97 Å². The molecular formula is C12H22O2. The highest BCUT2D eigenvalue weighted by Gasteiger charge is 2.09. The largest absolute Gasteiger partial charge is 0.458 e. The summed E-state index contributed by atoms with van der Waals surface area (Å²) in [5.74, 6) is -0.103. The lowest BCUT2D eigenvalue weighted by Gasteiger charge is -2.13. The molecule has 14 heavy (non-hydrogen) atoms. The second kappa shape index (κ2) is 8.79. The molecule has 1 unspecified atom stereocenters. The van der Waals surface area contributed by atoms with E-state index in [-0.39, 0.29) is 12.1 Å². The highest BCUT2D eigenvalue weighted by molar-refractivity contribution is 5.69. The molecule has 0 aliphatic rings. The van der Waals surface area contributed by atoms with Crippen LogP contribution >= 0.6 is 0 Å². The molecule has 2 nitrogen and oxygen atoms in total. The Morgan fingerprint density at radius 2 is 2.07 bits per heavy atom. The van der Waals surface area contributed by atoms with E-state index in [1.165, 1.54) is 12.8 Å². The van der Waals surface area contributed by atoms with Crippen LogP contribution in [0.15, 0.2) is 12.7 Å². The van der Waals surface area contributed by atoms with Crippen LogP contribution in [0.3, 0.4) is 0 Å². The number of carbonyl (C=O) groups excluding carboxylic acids is 1. The van der Waals surface area contributed by atoms with Gasteiger partial charge in [-0.15, -0.1) is 0 Å². The van der Waals surface area contributed by atoms with Gasteiger partial charge < -0.3 is 4.74 Å². The zero-order chi connectivity index (χ0) is 10.8. The zero-order valence-corrected chi connectivity index (χ0v) is 9.42. The van der Waals surface area contributed by atoms with Crippen molar-refractivity contribution < 1.29 is 9.53 Å². The Labute approximate surface area is 87.3 Å². The van der Waals surface area contributed by atoms with Crippen molar-refractivity contribution in [1.82, 2.24) is 0 Å². The highest BCUT2D eigenvalue weighted by Crippen LogP contribution is 2.09. The molecule has 0 spiro atoms. The van der Waals surface area contributed by atoms with E-state index in [1.54, 1.807) is 6.08 Å². The number of hydrogen-bond donors (Lipinski definition) is 0. The first kappa shape index (κ1) is 13.2. The molecule has 0 bridgehead atoms. The zero-order valence-electron chi connectivity index (χ0n) is 9.42. The Morgan fingerprint density at radius 3 is 2.57 bits per heavy atom. The van der Waals surface area contributed by atoms with Gasteiger partial charge in [-0.05, 0) is 19.3 Å². The Kier molecular flexibility index (Phi) is 8.30.